The van der Waals surface area contributed by atoms with E-state index in [9.17, 15) is 27.9 Å². The number of carbonyl (C=O) groups is 3. The summed E-state index contributed by atoms with van der Waals surface area (Å²) in [5.74, 6) is -2.31. The third-order valence-electron chi connectivity index (χ3n) is 5.49. The van der Waals surface area contributed by atoms with Gasteiger partial charge in [-0.1, -0.05) is 56.3 Å². The number of fused-ring (bicyclic) bond motifs is 1. The van der Waals surface area contributed by atoms with Crippen molar-refractivity contribution in [3.63, 3.8) is 0 Å². The molecule has 0 bridgehead atoms. The molecule has 2 heterocycles. The zero-order chi connectivity index (χ0) is 24.6. The van der Waals surface area contributed by atoms with Gasteiger partial charge in [0.25, 0.3) is 15.9 Å². The lowest BCUT2D eigenvalue weighted by atomic mass is 10.0. The van der Waals surface area contributed by atoms with Crippen molar-refractivity contribution in [2.75, 3.05) is 5.32 Å². The predicted molar refractivity (Wildman–Crippen MR) is 128 cm³/mol. The van der Waals surface area contributed by atoms with Crippen LogP contribution < -0.4 is 5.32 Å². The Morgan fingerprint density at radius 1 is 0.971 bits per heavy atom. The Morgan fingerprint density at radius 3 is 2.24 bits per heavy atom. The second-order valence-corrected chi connectivity index (χ2v) is 11.4. The number of hydrogen-bond acceptors (Lipinski definition) is 6. The Hall–Kier alpha value is -3.34. The van der Waals surface area contributed by atoms with E-state index in [1.165, 1.54) is 6.07 Å². The van der Waals surface area contributed by atoms with Gasteiger partial charge in [0.05, 0.1) is 5.00 Å². The number of carboxylic acid groups (broad SMARTS) is 1. The molecule has 0 saturated heterocycles. The van der Waals surface area contributed by atoms with Gasteiger partial charge in [0.15, 0.2) is 5.78 Å². The fourth-order valence-corrected chi connectivity index (χ4v) is 7.28. The highest BCUT2D eigenvalue weighted by atomic mass is 32.2. The number of sulfonamides is 1. The molecule has 176 valence electrons. The van der Waals surface area contributed by atoms with Crippen molar-refractivity contribution in [1.82, 2.24) is 4.31 Å². The van der Waals surface area contributed by atoms with Crippen LogP contribution in [0, 0.1) is 5.92 Å². The molecular formula is C24H22N2O6S2. The van der Waals surface area contributed by atoms with Crippen molar-refractivity contribution in [3.8, 4) is 0 Å². The molecular weight excluding hydrogens is 476 g/mol. The minimum atomic E-state index is -3.99. The molecule has 2 aromatic carbocycles. The number of rotatable bonds is 7. The van der Waals surface area contributed by atoms with Gasteiger partial charge in [0, 0.05) is 28.8 Å². The number of aliphatic carboxylic acids is 1. The van der Waals surface area contributed by atoms with Crippen molar-refractivity contribution in [1.29, 1.82) is 0 Å². The van der Waals surface area contributed by atoms with Gasteiger partial charge in [-0.25, -0.2) is 8.42 Å². The van der Waals surface area contributed by atoms with E-state index in [1.807, 2.05) is 6.07 Å². The summed E-state index contributed by atoms with van der Waals surface area (Å²) in [7, 11) is -3.99. The van der Waals surface area contributed by atoms with E-state index < -0.39 is 33.9 Å². The molecule has 4 rings (SSSR count). The summed E-state index contributed by atoms with van der Waals surface area (Å²) in [5, 5.41) is 12.5. The predicted octanol–water partition coefficient (Wildman–Crippen LogP) is 3.84. The van der Waals surface area contributed by atoms with Gasteiger partial charge in [0.2, 0.25) is 0 Å². The molecule has 0 aliphatic carbocycles. The molecule has 0 fully saturated rings. The highest BCUT2D eigenvalue weighted by molar-refractivity contribution is 7.91. The number of thiophene rings is 1. The normalized spacial score (nSPS) is 15.6. The largest absolute Gasteiger partial charge is 0.480 e. The van der Waals surface area contributed by atoms with E-state index in [-0.39, 0.29) is 22.1 Å². The fourth-order valence-electron chi connectivity index (χ4n) is 3.89. The summed E-state index contributed by atoms with van der Waals surface area (Å²) < 4.78 is 27.0. The molecule has 1 atom stereocenters. The molecule has 1 unspecified atom stereocenters. The molecule has 1 aliphatic heterocycles. The van der Waals surface area contributed by atoms with Gasteiger partial charge in [-0.3, -0.25) is 14.4 Å². The quantitative estimate of drug-likeness (QED) is 0.478. The second kappa shape index (κ2) is 9.13. The second-order valence-electron chi connectivity index (χ2n) is 8.23. The number of hydrogen-bond donors (Lipinski definition) is 2. The summed E-state index contributed by atoms with van der Waals surface area (Å²) in [4.78, 5) is 37.1. The summed E-state index contributed by atoms with van der Waals surface area (Å²) in [6.45, 7) is 3.24. The standard InChI is InChI=1S/C24H22N2O6S2/c1-14(2)20(23(29)30)26-13-18-12-19(33-24(18)34(26,31)32)25-22(28)17-10-6-9-16(11-17)21(27)15-7-4-3-5-8-15/h3-12,14,20H,13H2,1-2H3,(H,25,28)(H,29,30). The Labute approximate surface area is 200 Å². The van der Waals surface area contributed by atoms with Crippen LogP contribution in [0.15, 0.2) is 64.9 Å². The molecule has 0 spiro atoms. The maximum absolute atomic E-state index is 13.0. The van der Waals surface area contributed by atoms with Crippen LogP contribution >= 0.6 is 11.3 Å². The van der Waals surface area contributed by atoms with Gasteiger partial charge in [-0.2, -0.15) is 4.31 Å². The molecule has 0 radical (unpaired) electrons. The number of anilines is 1. The smallest absolute Gasteiger partial charge is 0.322 e. The van der Waals surface area contributed by atoms with E-state index in [0.717, 1.165) is 15.6 Å². The van der Waals surface area contributed by atoms with Crippen molar-refractivity contribution >= 4 is 44.0 Å². The van der Waals surface area contributed by atoms with Gasteiger partial charge in [0.1, 0.15) is 10.3 Å². The lowest BCUT2D eigenvalue weighted by molar-refractivity contribution is -0.143. The first kappa shape index (κ1) is 23.8. The molecule has 10 heteroatoms. The number of nitrogens with zero attached hydrogens (tertiary/aromatic N) is 1. The van der Waals surface area contributed by atoms with Gasteiger partial charge >= 0.3 is 5.97 Å². The van der Waals surface area contributed by atoms with E-state index in [0.29, 0.717) is 21.7 Å². The molecule has 8 nitrogen and oxygen atoms in total. The van der Waals surface area contributed by atoms with Crippen molar-refractivity contribution in [2.24, 2.45) is 5.92 Å². The van der Waals surface area contributed by atoms with Crippen LogP contribution in [-0.4, -0.2) is 41.5 Å². The molecule has 1 amide bonds. The average molecular weight is 499 g/mol. The molecule has 3 aromatic rings. The Balaban J connectivity index is 1.54. The number of carboxylic acids is 1. The van der Waals surface area contributed by atoms with Crippen molar-refractivity contribution < 1.29 is 27.9 Å². The third-order valence-corrected chi connectivity index (χ3v) is 8.97. The van der Waals surface area contributed by atoms with E-state index in [1.54, 1.807) is 62.4 Å². The zero-order valence-electron chi connectivity index (χ0n) is 18.4. The van der Waals surface area contributed by atoms with Crippen LogP contribution in [0.25, 0.3) is 0 Å². The highest BCUT2D eigenvalue weighted by Crippen LogP contribution is 2.41. The van der Waals surface area contributed by atoms with E-state index in [4.69, 9.17) is 0 Å². The zero-order valence-corrected chi connectivity index (χ0v) is 20.0. The summed E-state index contributed by atoms with van der Waals surface area (Å²) in [6.07, 6.45) is 0. The lowest BCUT2D eigenvalue weighted by Crippen LogP contribution is -2.44. The molecule has 0 saturated carbocycles. The van der Waals surface area contributed by atoms with E-state index in [2.05, 4.69) is 5.32 Å². The maximum Gasteiger partial charge on any atom is 0.322 e. The first-order valence-electron chi connectivity index (χ1n) is 10.5. The van der Waals surface area contributed by atoms with Gasteiger partial charge in [-0.15, -0.1) is 11.3 Å². The van der Waals surface area contributed by atoms with Crippen LogP contribution in [0.5, 0.6) is 0 Å². The molecule has 1 aromatic heterocycles. The van der Waals surface area contributed by atoms with Crippen LogP contribution in [0.1, 0.15) is 45.7 Å². The molecule has 2 N–H and O–H groups in total. The number of ketones is 1. The number of benzene rings is 2. The molecule has 34 heavy (non-hydrogen) atoms. The number of nitrogens with one attached hydrogen (secondary N) is 1. The van der Waals surface area contributed by atoms with Crippen molar-refractivity contribution in [3.05, 3.63) is 82.9 Å². The first-order valence-corrected chi connectivity index (χ1v) is 12.7. The van der Waals surface area contributed by atoms with Crippen LogP contribution in [0.3, 0.4) is 0 Å². The first-order chi connectivity index (χ1) is 16.1. The Bertz CT molecular complexity index is 1380. The van der Waals surface area contributed by atoms with Crippen LogP contribution in [0.2, 0.25) is 0 Å². The number of amides is 1. The van der Waals surface area contributed by atoms with Crippen LogP contribution in [0.4, 0.5) is 5.00 Å². The average Bonchev–Trinajstić information content (AvgIpc) is 3.30. The van der Waals surface area contributed by atoms with Gasteiger partial charge < -0.3 is 10.4 Å². The summed E-state index contributed by atoms with van der Waals surface area (Å²) in [6, 6.07) is 15.4. The SMILES string of the molecule is CC(C)C(C(=O)O)N1Cc2cc(NC(=O)c3cccc(C(=O)c4ccccc4)c3)sc2S1(=O)=O. The minimum absolute atomic E-state index is 0.0303. The monoisotopic (exact) mass is 498 g/mol. The lowest BCUT2D eigenvalue weighted by Gasteiger charge is -2.25. The third kappa shape index (κ3) is 4.39. The van der Waals surface area contributed by atoms with Crippen molar-refractivity contribution in [2.45, 2.75) is 30.6 Å². The van der Waals surface area contributed by atoms with Gasteiger partial charge in [-0.05, 0) is 24.1 Å². The number of carbonyl (C=O) groups excluding carboxylic acids is 2. The fraction of sp³-hybridized carbons (Fsp3) is 0.208. The van der Waals surface area contributed by atoms with Crippen LogP contribution in [-0.2, 0) is 21.4 Å². The minimum Gasteiger partial charge on any atom is -0.480 e. The summed E-state index contributed by atoms with van der Waals surface area (Å²) >= 11 is 0.882. The highest BCUT2D eigenvalue weighted by Gasteiger charge is 2.45. The van der Waals surface area contributed by atoms with E-state index >= 15 is 0 Å². The maximum atomic E-state index is 13.0. The Morgan fingerprint density at radius 2 is 1.62 bits per heavy atom. The Kier molecular flexibility index (Phi) is 6.39. The summed E-state index contributed by atoms with van der Waals surface area (Å²) in [5.41, 5.74) is 1.57. The molecule has 1 aliphatic rings. The topological polar surface area (TPSA) is 121 Å².